The van der Waals surface area contributed by atoms with Gasteiger partial charge in [-0.25, -0.2) is 5.43 Å². The molecule has 1 amide bonds. The average molecular weight is 166 g/mol. The SMILES string of the molecule is CC1CCCC2CC(=O)NN=C12. The Balaban J connectivity index is 2.19. The van der Waals surface area contributed by atoms with E-state index in [1.54, 1.807) is 0 Å². The van der Waals surface area contributed by atoms with Gasteiger partial charge >= 0.3 is 0 Å². The van der Waals surface area contributed by atoms with E-state index >= 15 is 0 Å². The van der Waals surface area contributed by atoms with Crippen molar-refractivity contribution >= 4 is 11.6 Å². The number of carbonyl (C=O) groups excluding carboxylic acids is 1. The van der Waals surface area contributed by atoms with Gasteiger partial charge in [-0.1, -0.05) is 13.3 Å². The van der Waals surface area contributed by atoms with Gasteiger partial charge in [0.2, 0.25) is 5.91 Å². The van der Waals surface area contributed by atoms with E-state index in [1.165, 1.54) is 18.6 Å². The van der Waals surface area contributed by atoms with Gasteiger partial charge in [0.15, 0.2) is 0 Å². The molecule has 3 nitrogen and oxygen atoms in total. The van der Waals surface area contributed by atoms with Gasteiger partial charge in [-0.2, -0.15) is 5.10 Å². The van der Waals surface area contributed by atoms with E-state index in [2.05, 4.69) is 17.5 Å². The van der Waals surface area contributed by atoms with Crippen LogP contribution in [0.5, 0.6) is 0 Å². The van der Waals surface area contributed by atoms with Crippen LogP contribution < -0.4 is 5.43 Å². The molecule has 0 saturated heterocycles. The average Bonchev–Trinajstić information content (AvgIpc) is 2.04. The highest BCUT2D eigenvalue weighted by Gasteiger charge is 2.30. The normalized spacial score (nSPS) is 35.1. The second-order valence-electron chi connectivity index (χ2n) is 3.80. The van der Waals surface area contributed by atoms with Crippen LogP contribution in [-0.2, 0) is 4.79 Å². The van der Waals surface area contributed by atoms with Gasteiger partial charge in [-0.3, -0.25) is 4.79 Å². The lowest BCUT2D eigenvalue weighted by molar-refractivity contribution is -0.122. The zero-order chi connectivity index (χ0) is 8.55. The van der Waals surface area contributed by atoms with Crippen LogP contribution in [0.3, 0.4) is 0 Å². The number of carbonyl (C=O) groups is 1. The third kappa shape index (κ3) is 1.24. The van der Waals surface area contributed by atoms with Crippen LogP contribution in [0, 0.1) is 11.8 Å². The van der Waals surface area contributed by atoms with Gasteiger partial charge in [0, 0.05) is 18.1 Å². The van der Waals surface area contributed by atoms with Crippen molar-refractivity contribution in [1.29, 1.82) is 0 Å². The molecule has 1 heterocycles. The Hall–Kier alpha value is -0.860. The Morgan fingerprint density at radius 1 is 1.50 bits per heavy atom. The summed E-state index contributed by atoms with van der Waals surface area (Å²) in [5.41, 5.74) is 3.78. The fourth-order valence-corrected chi connectivity index (χ4v) is 2.17. The Morgan fingerprint density at radius 3 is 3.17 bits per heavy atom. The first-order valence-corrected chi connectivity index (χ1v) is 4.63. The van der Waals surface area contributed by atoms with Gasteiger partial charge in [0.25, 0.3) is 0 Å². The minimum Gasteiger partial charge on any atom is -0.273 e. The Bertz CT molecular complexity index is 235. The number of hydrazone groups is 1. The molecule has 66 valence electrons. The van der Waals surface area contributed by atoms with Crippen LogP contribution in [0.2, 0.25) is 0 Å². The quantitative estimate of drug-likeness (QED) is 0.579. The maximum absolute atomic E-state index is 11.0. The summed E-state index contributed by atoms with van der Waals surface area (Å²) >= 11 is 0. The molecule has 1 aliphatic carbocycles. The fourth-order valence-electron chi connectivity index (χ4n) is 2.17. The topological polar surface area (TPSA) is 41.5 Å². The first-order valence-electron chi connectivity index (χ1n) is 4.63. The molecular formula is C9H14N2O. The molecule has 0 aromatic heterocycles. The minimum absolute atomic E-state index is 0.0813. The smallest absolute Gasteiger partial charge is 0.240 e. The van der Waals surface area contributed by atoms with E-state index in [1.807, 2.05) is 0 Å². The predicted octanol–water partition coefficient (Wildman–Crippen LogP) is 1.30. The summed E-state index contributed by atoms with van der Waals surface area (Å²) in [4.78, 5) is 11.0. The summed E-state index contributed by atoms with van der Waals surface area (Å²) in [6.45, 7) is 2.20. The molecule has 0 aromatic rings. The standard InChI is InChI=1S/C9H14N2O/c1-6-3-2-4-7-5-8(12)10-11-9(6)7/h6-7H,2-5H2,1H3,(H,10,12). The molecule has 3 heteroatoms. The van der Waals surface area contributed by atoms with Crippen LogP contribution >= 0.6 is 0 Å². The lowest BCUT2D eigenvalue weighted by Crippen LogP contribution is -2.38. The molecule has 1 N–H and O–H groups in total. The van der Waals surface area contributed by atoms with E-state index in [-0.39, 0.29) is 5.91 Å². The molecule has 12 heavy (non-hydrogen) atoms. The summed E-state index contributed by atoms with van der Waals surface area (Å²) < 4.78 is 0. The number of nitrogens with zero attached hydrogens (tertiary/aromatic N) is 1. The van der Waals surface area contributed by atoms with Crippen molar-refractivity contribution in [3.8, 4) is 0 Å². The van der Waals surface area contributed by atoms with Crippen molar-refractivity contribution in [2.75, 3.05) is 0 Å². The van der Waals surface area contributed by atoms with Gasteiger partial charge in [0.1, 0.15) is 0 Å². The highest BCUT2D eigenvalue weighted by Crippen LogP contribution is 2.29. The molecule has 1 aliphatic heterocycles. The van der Waals surface area contributed by atoms with Gasteiger partial charge in [-0.15, -0.1) is 0 Å². The highest BCUT2D eigenvalue weighted by atomic mass is 16.2. The largest absolute Gasteiger partial charge is 0.273 e. The molecule has 1 fully saturated rings. The summed E-state index contributed by atoms with van der Waals surface area (Å²) in [5, 5.41) is 4.13. The maximum atomic E-state index is 11.0. The van der Waals surface area contributed by atoms with Crippen molar-refractivity contribution < 1.29 is 4.79 Å². The molecule has 0 bridgehead atoms. The van der Waals surface area contributed by atoms with Crippen LogP contribution in [0.1, 0.15) is 32.6 Å². The van der Waals surface area contributed by atoms with Crippen LogP contribution in [0.25, 0.3) is 0 Å². The zero-order valence-electron chi connectivity index (χ0n) is 7.34. The summed E-state index contributed by atoms with van der Waals surface area (Å²) in [7, 11) is 0. The molecule has 2 rings (SSSR count). The zero-order valence-corrected chi connectivity index (χ0v) is 7.34. The lowest BCUT2D eigenvalue weighted by Gasteiger charge is -2.31. The van der Waals surface area contributed by atoms with E-state index in [4.69, 9.17) is 0 Å². The Labute approximate surface area is 72.2 Å². The van der Waals surface area contributed by atoms with Crippen LogP contribution in [-0.4, -0.2) is 11.6 Å². The second-order valence-corrected chi connectivity index (χ2v) is 3.80. The van der Waals surface area contributed by atoms with Crippen molar-refractivity contribution in [3.63, 3.8) is 0 Å². The van der Waals surface area contributed by atoms with E-state index < -0.39 is 0 Å². The third-order valence-corrected chi connectivity index (χ3v) is 2.85. The predicted molar refractivity (Wildman–Crippen MR) is 46.7 cm³/mol. The number of fused-ring (bicyclic) bond motifs is 1. The molecule has 1 saturated carbocycles. The molecular weight excluding hydrogens is 152 g/mol. The van der Waals surface area contributed by atoms with Gasteiger partial charge in [0.05, 0.1) is 0 Å². The monoisotopic (exact) mass is 166 g/mol. The molecule has 2 atom stereocenters. The number of rotatable bonds is 0. The summed E-state index contributed by atoms with van der Waals surface area (Å²) in [6.07, 6.45) is 4.28. The number of amides is 1. The number of hydrogen-bond donors (Lipinski definition) is 1. The van der Waals surface area contributed by atoms with Crippen LogP contribution in [0.4, 0.5) is 0 Å². The summed E-state index contributed by atoms with van der Waals surface area (Å²) in [6, 6.07) is 0. The van der Waals surface area contributed by atoms with E-state index in [0.717, 1.165) is 6.42 Å². The third-order valence-electron chi connectivity index (χ3n) is 2.85. The molecule has 0 radical (unpaired) electrons. The Kier molecular flexibility index (Phi) is 1.87. The molecule has 2 aliphatic rings. The first-order chi connectivity index (χ1) is 5.77. The van der Waals surface area contributed by atoms with Gasteiger partial charge < -0.3 is 0 Å². The second kappa shape index (κ2) is 2.88. The van der Waals surface area contributed by atoms with E-state index in [9.17, 15) is 4.79 Å². The van der Waals surface area contributed by atoms with Crippen molar-refractivity contribution in [2.45, 2.75) is 32.6 Å². The lowest BCUT2D eigenvalue weighted by atomic mass is 9.78. The van der Waals surface area contributed by atoms with E-state index in [0.29, 0.717) is 18.3 Å². The van der Waals surface area contributed by atoms with Crippen molar-refractivity contribution in [3.05, 3.63) is 0 Å². The minimum atomic E-state index is 0.0813. The Morgan fingerprint density at radius 2 is 2.33 bits per heavy atom. The highest BCUT2D eigenvalue weighted by molar-refractivity contribution is 5.96. The van der Waals surface area contributed by atoms with Gasteiger partial charge in [-0.05, 0) is 18.8 Å². The molecule has 2 unspecified atom stereocenters. The summed E-state index contributed by atoms with van der Waals surface area (Å²) in [5.74, 6) is 1.10. The van der Waals surface area contributed by atoms with Crippen molar-refractivity contribution in [2.24, 2.45) is 16.9 Å². The fraction of sp³-hybridized carbons (Fsp3) is 0.778. The maximum Gasteiger partial charge on any atom is 0.240 e. The number of nitrogens with one attached hydrogen (secondary N) is 1. The molecule has 0 aromatic carbocycles. The number of hydrogen-bond acceptors (Lipinski definition) is 2. The first kappa shape index (κ1) is 7.77. The van der Waals surface area contributed by atoms with Crippen LogP contribution in [0.15, 0.2) is 5.10 Å². The van der Waals surface area contributed by atoms with Crippen molar-refractivity contribution in [1.82, 2.24) is 5.43 Å². The molecule has 0 spiro atoms.